The van der Waals surface area contributed by atoms with Crippen LogP contribution in [0.1, 0.15) is 12.7 Å². The first-order valence-corrected chi connectivity index (χ1v) is 6.69. The summed E-state index contributed by atoms with van der Waals surface area (Å²) in [6.45, 7) is 1.39. The Bertz CT molecular complexity index is 736. The molecule has 0 bridgehead atoms. The highest BCUT2D eigenvalue weighted by atomic mass is 32.2. The van der Waals surface area contributed by atoms with E-state index in [1.54, 1.807) is 0 Å². The quantitative estimate of drug-likeness (QED) is 0.848. The van der Waals surface area contributed by atoms with Crippen LogP contribution in [0.4, 0.5) is 13.2 Å². The van der Waals surface area contributed by atoms with Crippen molar-refractivity contribution in [3.63, 3.8) is 0 Å². The molecule has 2 aromatic heterocycles. The first-order valence-electron chi connectivity index (χ1n) is 5.04. The van der Waals surface area contributed by atoms with Gasteiger partial charge in [-0.05, 0) is 6.07 Å². The van der Waals surface area contributed by atoms with Crippen molar-refractivity contribution in [3.05, 3.63) is 18.1 Å². The highest BCUT2D eigenvalue weighted by Gasteiger charge is 2.38. The SMILES string of the molecule is CCS(=O)(=O)c1cnc2nc(C(F)(F)F)n(O)c2c1. The van der Waals surface area contributed by atoms with Crippen molar-refractivity contribution in [1.82, 2.24) is 14.7 Å². The minimum atomic E-state index is -4.86. The van der Waals surface area contributed by atoms with Crippen LogP contribution in [0.3, 0.4) is 0 Å². The van der Waals surface area contributed by atoms with Crippen LogP contribution in [-0.2, 0) is 16.0 Å². The molecule has 2 rings (SSSR count). The Kier molecular flexibility index (Phi) is 2.92. The lowest BCUT2D eigenvalue weighted by atomic mass is 10.4. The van der Waals surface area contributed by atoms with E-state index in [1.165, 1.54) is 6.92 Å². The number of aromatic nitrogens is 3. The summed E-state index contributed by atoms with van der Waals surface area (Å²) >= 11 is 0. The van der Waals surface area contributed by atoms with Crippen molar-refractivity contribution >= 4 is 21.0 Å². The zero-order valence-electron chi connectivity index (χ0n) is 9.51. The summed E-state index contributed by atoms with van der Waals surface area (Å²) in [5, 5.41) is 9.39. The molecule has 0 aliphatic rings. The third-order valence-electron chi connectivity index (χ3n) is 2.46. The Morgan fingerprint density at radius 1 is 1.42 bits per heavy atom. The summed E-state index contributed by atoms with van der Waals surface area (Å²) in [6.07, 6.45) is -3.95. The Labute approximate surface area is 105 Å². The number of fused-ring (bicyclic) bond motifs is 1. The van der Waals surface area contributed by atoms with Gasteiger partial charge in [-0.1, -0.05) is 6.92 Å². The van der Waals surface area contributed by atoms with Gasteiger partial charge in [0.15, 0.2) is 15.5 Å². The normalized spacial score (nSPS) is 13.1. The van der Waals surface area contributed by atoms with Crippen LogP contribution in [0.25, 0.3) is 11.2 Å². The molecule has 0 saturated carbocycles. The molecule has 0 aromatic carbocycles. The Morgan fingerprint density at radius 2 is 2.05 bits per heavy atom. The van der Waals surface area contributed by atoms with Gasteiger partial charge in [-0.3, -0.25) is 0 Å². The number of imidazole rings is 1. The molecule has 2 heterocycles. The first-order chi connectivity index (χ1) is 8.66. The fourth-order valence-corrected chi connectivity index (χ4v) is 2.29. The second kappa shape index (κ2) is 4.08. The molecule has 0 unspecified atom stereocenters. The summed E-state index contributed by atoms with van der Waals surface area (Å²) in [4.78, 5) is 6.36. The molecule has 0 fully saturated rings. The summed E-state index contributed by atoms with van der Waals surface area (Å²) in [7, 11) is -3.63. The maximum absolute atomic E-state index is 12.5. The van der Waals surface area contributed by atoms with Crippen molar-refractivity contribution in [2.45, 2.75) is 18.0 Å². The van der Waals surface area contributed by atoms with Gasteiger partial charge >= 0.3 is 6.18 Å². The molecular formula is C9H8F3N3O3S. The van der Waals surface area contributed by atoms with E-state index in [1.807, 2.05) is 0 Å². The van der Waals surface area contributed by atoms with Crippen molar-refractivity contribution in [1.29, 1.82) is 0 Å². The number of nitrogens with zero attached hydrogens (tertiary/aromatic N) is 3. The molecule has 0 radical (unpaired) electrons. The lowest BCUT2D eigenvalue weighted by Gasteiger charge is -2.04. The zero-order chi connectivity index (χ0) is 14.4. The molecule has 2 aromatic rings. The number of rotatable bonds is 2. The molecule has 10 heteroatoms. The van der Waals surface area contributed by atoms with Gasteiger partial charge < -0.3 is 5.21 Å². The molecule has 0 saturated heterocycles. The molecule has 0 spiro atoms. The van der Waals surface area contributed by atoms with Crippen LogP contribution in [0.2, 0.25) is 0 Å². The van der Waals surface area contributed by atoms with Crippen molar-refractivity contribution < 1.29 is 26.8 Å². The Balaban J connectivity index is 2.72. The zero-order valence-corrected chi connectivity index (χ0v) is 10.3. The van der Waals surface area contributed by atoms with Crippen LogP contribution in [0, 0.1) is 0 Å². The van der Waals surface area contributed by atoms with Gasteiger partial charge in [0.05, 0.1) is 10.6 Å². The fraction of sp³-hybridized carbons (Fsp3) is 0.333. The van der Waals surface area contributed by atoms with Gasteiger partial charge in [-0.2, -0.15) is 17.9 Å². The predicted molar refractivity (Wildman–Crippen MR) is 57.4 cm³/mol. The van der Waals surface area contributed by atoms with Crippen LogP contribution < -0.4 is 0 Å². The van der Waals surface area contributed by atoms with Gasteiger partial charge in [-0.25, -0.2) is 18.4 Å². The van der Waals surface area contributed by atoms with E-state index < -0.39 is 27.4 Å². The second-order valence-corrected chi connectivity index (χ2v) is 5.94. The Hall–Kier alpha value is -1.84. The summed E-state index contributed by atoms with van der Waals surface area (Å²) < 4.78 is 60.5. The van der Waals surface area contributed by atoms with Crippen LogP contribution in [0.5, 0.6) is 0 Å². The largest absolute Gasteiger partial charge is 0.453 e. The summed E-state index contributed by atoms with van der Waals surface area (Å²) in [5.41, 5.74) is -0.799. The van der Waals surface area contributed by atoms with Crippen molar-refractivity contribution in [3.8, 4) is 0 Å². The number of halogens is 3. The molecule has 19 heavy (non-hydrogen) atoms. The van der Waals surface area contributed by atoms with Gasteiger partial charge in [0.25, 0.3) is 5.82 Å². The minimum absolute atomic E-state index is 0.211. The van der Waals surface area contributed by atoms with Crippen LogP contribution in [0.15, 0.2) is 17.2 Å². The van der Waals surface area contributed by atoms with Gasteiger partial charge in [0.2, 0.25) is 0 Å². The molecule has 0 amide bonds. The summed E-state index contributed by atoms with van der Waals surface area (Å²) in [5.74, 6) is -1.78. The lowest BCUT2D eigenvalue weighted by molar-refractivity contribution is -0.153. The number of hydrogen-bond acceptors (Lipinski definition) is 5. The highest BCUT2D eigenvalue weighted by Crippen LogP contribution is 2.30. The third-order valence-corrected chi connectivity index (χ3v) is 4.16. The molecule has 0 atom stereocenters. The van der Waals surface area contributed by atoms with E-state index in [0.29, 0.717) is 0 Å². The van der Waals surface area contributed by atoms with Crippen molar-refractivity contribution in [2.75, 3.05) is 5.75 Å². The van der Waals surface area contributed by atoms with E-state index in [-0.39, 0.29) is 21.0 Å². The number of sulfone groups is 1. The molecular weight excluding hydrogens is 287 g/mol. The topological polar surface area (TPSA) is 85.1 Å². The van der Waals surface area contributed by atoms with E-state index in [2.05, 4.69) is 9.97 Å². The van der Waals surface area contributed by atoms with Gasteiger partial charge in [0.1, 0.15) is 5.52 Å². The molecule has 0 aliphatic carbocycles. The standard InChI is InChI=1S/C9H8F3N3O3S/c1-2-19(17,18)5-3-6-7(13-4-5)14-8(15(6)16)9(10,11)12/h3-4,16H,2H2,1H3. The molecule has 6 nitrogen and oxygen atoms in total. The highest BCUT2D eigenvalue weighted by molar-refractivity contribution is 7.91. The number of hydrogen-bond donors (Lipinski definition) is 1. The molecule has 1 N–H and O–H groups in total. The maximum atomic E-state index is 12.5. The fourth-order valence-electron chi connectivity index (χ4n) is 1.45. The first kappa shape index (κ1) is 13.6. The lowest BCUT2D eigenvalue weighted by Crippen LogP contribution is -2.13. The molecule has 104 valence electrons. The summed E-state index contributed by atoms with van der Waals surface area (Å²) in [6, 6.07) is 0.906. The monoisotopic (exact) mass is 295 g/mol. The number of alkyl halides is 3. The average Bonchev–Trinajstić information content (AvgIpc) is 2.66. The van der Waals surface area contributed by atoms with E-state index in [0.717, 1.165) is 12.3 Å². The van der Waals surface area contributed by atoms with E-state index in [4.69, 9.17) is 0 Å². The van der Waals surface area contributed by atoms with E-state index >= 15 is 0 Å². The smallest absolute Gasteiger partial charge is 0.426 e. The van der Waals surface area contributed by atoms with Crippen LogP contribution >= 0.6 is 0 Å². The van der Waals surface area contributed by atoms with Crippen LogP contribution in [-0.4, -0.2) is 34.1 Å². The second-order valence-electron chi connectivity index (χ2n) is 3.66. The van der Waals surface area contributed by atoms with Gasteiger partial charge in [0, 0.05) is 6.20 Å². The third kappa shape index (κ3) is 2.23. The van der Waals surface area contributed by atoms with Crippen molar-refractivity contribution in [2.24, 2.45) is 0 Å². The maximum Gasteiger partial charge on any atom is 0.453 e. The molecule has 0 aliphatic heterocycles. The predicted octanol–water partition coefficient (Wildman–Crippen LogP) is 1.48. The van der Waals surface area contributed by atoms with E-state index in [9.17, 15) is 26.8 Å². The minimum Gasteiger partial charge on any atom is -0.426 e. The number of pyridine rings is 1. The average molecular weight is 295 g/mol. The Morgan fingerprint density at radius 3 is 2.58 bits per heavy atom. The van der Waals surface area contributed by atoms with Gasteiger partial charge in [-0.15, -0.1) is 0 Å².